The molecule has 3 nitrogen and oxygen atoms in total. The monoisotopic (exact) mass is 279 g/mol. The molecular formula is C14H11ClFNO2. The maximum atomic E-state index is 13.1. The van der Waals surface area contributed by atoms with Gasteiger partial charge in [0.05, 0.1) is 0 Å². The molecule has 0 heterocycles. The second-order valence-corrected chi connectivity index (χ2v) is 4.49. The highest BCUT2D eigenvalue weighted by molar-refractivity contribution is 6.31. The highest BCUT2D eigenvalue weighted by Gasteiger charge is 2.09. The highest BCUT2D eigenvalue weighted by Crippen LogP contribution is 2.21. The van der Waals surface area contributed by atoms with Crippen molar-refractivity contribution in [2.24, 2.45) is 0 Å². The van der Waals surface area contributed by atoms with E-state index in [4.69, 9.17) is 16.7 Å². The summed E-state index contributed by atoms with van der Waals surface area (Å²) in [5, 5.41) is 12.2. The Kier molecular flexibility index (Phi) is 3.71. The molecule has 0 fully saturated rings. The first kappa shape index (κ1) is 13.4. The molecule has 0 saturated heterocycles. The van der Waals surface area contributed by atoms with E-state index in [1.54, 1.807) is 25.1 Å². The molecule has 2 aromatic rings. The molecule has 0 aromatic heterocycles. The molecule has 0 aliphatic heterocycles. The third-order valence-corrected chi connectivity index (χ3v) is 3.05. The first-order valence-electron chi connectivity index (χ1n) is 5.53. The van der Waals surface area contributed by atoms with E-state index in [2.05, 4.69) is 5.32 Å². The largest absolute Gasteiger partial charge is 0.505 e. The van der Waals surface area contributed by atoms with Crippen molar-refractivity contribution in [2.75, 3.05) is 5.32 Å². The van der Waals surface area contributed by atoms with Crippen LogP contribution in [0.15, 0.2) is 36.4 Å². The Morgan fingerprint density at radius 3 is 2.63 bits per heavy atom. The predicted octanol–water partition coefficient (Wildman–Crippen LogP) is 3.75. The van der Waals surface area contributed by atoms with Crippen molar-refractivity contribution in [3.63, 3.8) is 0 Å². The van der Waals surface area contributed by atoms with Gasteiger partial charge in [0, 0.05) is 22.3 Å². The van der Waals surface area contributed by atoms with Crippen molar-refractivity contribution in [3.8, 4) is 5.75 Å². The second-order valence-electron chi connectivity index (χ2n) is 4.08. The SMILES string of the molecule is Cc1cc(C(=O)Nc2ccc(O)c(F)c2)ccc1Cl. The first-order chi connectivity index (χ1) is 8.97. The van der Waals surface area contributed by atoms with Crippen molar-refractivity contribution >= 4 is 23.2 Å². The van der Waals surface area contributed by atoms with Gasteiger partial charge >= 0.3 is 0 Å². The number of carbonyl (C=O) groups excluding carboxylic acids is 1. The number of amides is 1. The molecule has 0 saturated carbocycles. The highest BCUT2D eigenvalue weighted by atomic mass is 35.5. The van der Waals surface area contributed by atoms with Gasteiger partial charge in [-0.3, -0.25) is 4.79 Å². The summed E-state index contributed by atoms with van der Waals surface area (Å²) in [7, 11) is 0. The quantitative estimate of drug-likeness (QED) is 0.823. The molecule has 0 atom stereocenters. The van der Waals surface area contributed by atoms with Crippen LogP contribution in [0.2, 0.25) is 5.02 Å². The maximum Gasteiger partial charge on any atom is 0.255 e. The molecule has 19 heavy (non-hydrogen) atoms. The van der Waals surface area contributed by atoms with Crippen molar-refractivity contribution in [2.45, 2.75) is 6.92 Å². The number of phenols is 1. The summed E-state index contributed by atoms with van der Waals surface area (Å²) in [6, 6.07) is 8.51. The van der Waals surface area contributed by atoms with Gasteiger partial charge < -0.3 is 10.4 Å². The third-order valence-electron chi connectivity index (χ3n) is 2.63. The minimum atomic E-state index is -0.787. The predicted molar refractivity (Wildman–Crippen MR) is 72.2 cm³/mol. The number of hydrogen-bond acceptors (Lipinski definition) is 2. The molecule has 5 heteroatoms. The lowest BCUT2D eigenvalue weighted by Gasteiger charge is -2.07. The van der Waals surface area contributed by atoms with E-state index in [9.17, 15) is 9.18 Å². The number of aromatic hydroxyl groups is 1. The Balaban J connectivity index is 2.20. The number of nitrogens with one attached hydrogen (secondary N) is 1. The Morgan fingerprint density at radius 2 is 2.00 bits per heavy atom. The normalized spacial score (nSPS) is 10.3. The van der Waals surface area contributed by atoms with E-state index in [1.807, 2.05) is 0 Å². The molecule has 0 radical (unpaired) electrons. The van der Waals surface area contributed by atoms with Crippen LogP contribution in [-0.4, -0.2) is 11.0 Å². The van der Waals surface area contributed by atoms with Crippen LogP contribution in [0.5, 0.6) is 5.75 Å². The van der Waals surface area contributed by atoms with Gasteiger partial charge in [-0.25, -0.2) is 4.39 Å². The van der Waals surface area contributed by atoms with Crippen molar-refractivity contribution in [1.82, 2.24) is 0 Å². The molecule has 2 N–H and O–H groups in total. The number of benzene rings is 2. The van der Waals surface area contributed by atoms with Crippen LogP contribution < -0.4 is 5.32 Å². The Labute approximate surface area is 114 Å². The minimum Gasteiger partial charge on any atom is -0.505 e. The summed E-state index contributed by atoms with van der Waals surface area (Å²) >= 11 is 5.87. The third kappa shape index (κ3) is 3.03. The molecular weight excluding hydrogens is 269 g/mol. The smallest absolute Gasteiger partial charge is 0.255 e. The zero-order valence-corrected chi connectivity index (χ0v) is 10.8. The van der Waals surface area contributed by atoms with E-state index >= 15 is 0 Å². The van der Waals surface area contributed by atoms with E-state index < -0.39 is 11.6 Å². The van der Waals surface area contributed by atoms with Crippen molar-refractivity contribution < 1.29 is 14.3 Å². The van der Waals surface area contributed by atoms with Gasteiger partial charge in [0.2, 0.25) is 0 Å². The molecule has 0 spiro atoms. The lowest BCUT2D eigenvalue weighted by atomic mass is 10.1. The summed E-state index contributed by atoms with van der Waals surface area (Å²) < 4.78 is 13.1. The van der Waals surface area contributed by atoms with Gasteiger partial charge in [0.25, 0.3) is 5.91 Å². The van der Waals surface area contributed by atoms with Gasteiger partial charge in [0.15, 0.2) is 11.6 Å². The molecule has 0 aliphatic carbocycles. The Bertz CT molecular complexity index is 643. The van der Waals surface area contributed by atoms with Crippen LogP contribution in [-0.2, 0) is 0 Å². The van der Waals surface area contributed by atoms with Crippen LogP contribution in [0, 0.1) is 12.7 Å². The average Bonchev–Trinajstić information content (AvgIpc) is 2.37. The lowest BCUT2D eigenvalue weighted by Crippen LogP contribution is -2.12. The van der Waals surface area contributed by atoms with Gasteiger partial charge in [-0.05, 0) is 42.8 Å². The molecule has 2 rings (SSSR count). The fraction of sp³-hybridized carbons (Fsp3) is 0.0714. The fourth-order valence-corrected chi connectivity index (χ4v) is 1.69. The Hall–Kier alpha value is -2.07. The summed E-state index contributed by atoms with van der Waals surface area (Å²) in [4.78, 5) is 11.9. The number of phenolic OH excluding ortho intramolecular Hbond substituents is 1. The van der Waals surface area contributed by atoms with Gasteiger partial charge in [-0.2, -0.15) is 0 Å². The molecule has 0 unspecified atom stereocenters. The number of aryl methyl sites for hydroxylation is 1. The summed E-state index contributed by atoms with van der Waals surface area (Å²) in [5.41, 5.74) is 1.48. The number of halogens is 2. The lowest BCUT2D eigenvalue weighted by molar-refractivity contribution is 0.102. The van der Waals surface area contributed by atoms with Crippen LogP contribution in [0.3, 0.4) is 0 Å². The van der Waals surface area contributed by atoms with E-state index in [-0.39, 0.29) is 11.6 Å². The van der Waals surface area contributed by atoms with E-state index in [0.717, 1.165) is 11.6 Å². The number of carbonyl (C=O) groups is 1. The molecule has 1 amide bonds. The topological polar surface area (TPSA) is 49.3 Å². The summed E-state index contributed by atoms with van der Waals surface area (Å²) in [5.74, 6) is -1.62. The van der Waals surface area contributed by atoms with Crippen molar-refractivity contribution in [1.29, 1.82) is 0 Å². The standard InChI is InChI=1S/C14H11ClFNO2/c1-8-6-9(2-4-11(8)15)14(19)17-10-3-5-13(18)12(16)7-10/h2-7,18H,1H3,(H,17,19). The van der Waals surface area contributed by atoms with Crippen LogP contribution in [0.4, 0.5) is 10.1 Å². The van der Waals surface area contributed by atoms with E-state index in [1.165, 1.54) is 12.1 Å². The number of anilines is 1. The summed E-state index contributed by atoms with van der Waals surface area (Å²) in [6.45, 7) is 1.79. The molecule has 2 aromatic carbocycles. The second kappa shape index (κ2) is 5.28. The van der Waals surface area contributed by atoms with E-state index in [0.29, 0.717) is 10.6 Å². The van der Waals surface area contributed by atoms with Gasteiger partial charge in [0.1, 0.15) is 0 Å². The fourth-order valence-electron chi connectivity index (χ4n) is 1.57. The van der Waals surface area contributed by atoms with Crippen LogP contribution in [0.1, 0.15) is 15.9 Å². The first-order valence-corrected chi connectivity index (χ1v) is 5.91. The van der Waals surface area contributed by atoms with Crippen molar-refractivity contribution in [3.05, 3.63) is 58.4 Å². The number of hydrogen-bond donors (Lipinski definition) is 2. The maximum absolute atomic E-state index is 13.1. The van der Waals surface area contributed by atoms with Crippen LogP contribution >= 0.6 is 11.6 Å². The molecule has 98 valence electrons. The zero-order valence-electron chi connectivity index (χ0n) is 10.1. The Morgan fingerprint density at radius 1 is 1.26 bits per heavy atom. The van der Waals surface area contributed by atoms with Gasteiger partial charge in [-0.1, -0.05) is 11.6 Å². The number of rotatable bonds is 2. The van der Waals surface area contributed by atoms with Crippen LogP contribution in [0.25, 0.3) is 0 Å². The van der Waals surface area contributed by atoms with Gasteiger partial charge in [-0.15, -0.1) is 0 Å². The molecule has 0 aliphatic rings. The molecule has 0 bridgehead atoms. The average molecular weight is 280 g/mol. The minimum absolute atomic E-state index is 0.271. The zero-order chi connectivity index (χ0) is 14.0. The summed E-state index contributed by atoms with van der Waals surface area (Å²) in [6.07, 6.45) is 0.